The van der Waals surface area contributed by atoms with Gasteiger partial charge in [0.2, 0.25) is 11.8 Å². The first-order valence-electron chi connectivity index (χ1n) is 13.1. The number of phenols is 1. The van der Waals surface area contributed by atoms with Gasteiger partial charge in [0.1, 0.15) is 17.3 Å². The van der Waals surface area contributed by atoms with Crippen LogP contribution in [0.3, 0.4) is 0 Å². The SMILES string of the molecule is Cn1c(=O)n2n(c1=O)[C@@H]1C[C@H]3C(=O)N(c4ccc(F)c(Cl)c4)C(=O)[C@@]3(C)[C@@H](C3=COc4ccc(O)cc4C3)C1=CC2. The summed E-state index contributed by atoms with van der Waals surface area (Å²) in [5, 5.41) is 9.89. The second kappa shape index (κ2) is 8.56. The minimum atomic E-state index is -1.30. The summed E-state index contributed by atoms with van der Waals surface area (Å²) in [6.45, 7) is 1.85. The molecule has 12 heteroatoms. The van der Waals surface area contributed by atoms with Crippen molar-refractivity contribution in [3.05, 3.63) is 97.3 Å². The summed E-state index contributed by atoms with van der Waals surface area (Å²) in [5.74, 6) is -2.61. The van der Waals surface area contributed by atoms with Gasteiger partial charge < -0.3 is 9.84 Å². The number of halogens is 2. The highest BCUT2D eigenvalue weighted by atomic mass is 35.5. The second-order valence-electron chi connectivity index (χ2n) is 11.1. The van der Waals surface area contributed by atoms with E-state index in [2.05, 4.69) is 0 Å². The maximum absolute atomic E-state index is 14.4. The number of ether oxygens (including phenoxy) is 1. The molecule has 0 radical (unpaired) electrons. The van der Waals surface area contributed by atoms with Gasteiger partial charge in [0, 0.05) is 24.9 Å². The number of fused-ring (bicyclic) bond motifs is 5. The minimum absolute atomic E-state index is 0.0578. The van der Waals surface area contributed by atoms with Crippen molar-refractivity contribution < 1.29 is 23.8 Å². The smallest absolute Gasteiger partial charge is 0.347 e. The van der Waals surface area contributed by atoms with Crippen LogP contribution < -0.4 is 21.0 Å². The number of carbonyl (C=O) groups excluding carboxylic acids is 2. The molecule has 1 aliphatic carbocycles. The van der Waals surface area contributed by atoms with Crippen LogP contribution in [0.25, 0.3) is 0 Å². The highest BCUT2D eigenvalue weighted by Gasteiger charge is 2.66. The zero-order valence-corrected chi connectivity index (χ0v) is 22.8. The first-order chi connectivity index (χ1) is 19.5. The highest BCUT2D eigenvalue weighted by Crippen LogP contribution is 2.60. The Morgan fingerprint density at radius 3 is 2.63 bits per heavy atom. The van der Waals surface area contributed by atoms with Gasteiger partial charge >= 0.3 is 11.4 Å². The number of aromatic nitrogens is 3. The molecular weight excluding hydrogens is 555 g/mol. The van der Waals surface area contributed by atoms with Crippen LogP contribution in [0.1, 0.15) is 24.9 Å². The third kappa shape index (κ3) is 3.35. The van der Waals surface area contributed by atoms with Crippen LogP contribution >= 0.6 is 11.6 Å². The Bertz CT molecular complexity index is 1890. The molecule has 2 fully saturated rings. The number of imide groups is 1. The molecule has 210 valence electrons. The van der Waals surface area contributed by atoms with Crippen molar-refractivity contribution in [3.8, 4) is 11.5 Å². The van der Waals surface area contributed by atoms with E-state index in [-0.39, 0.29) is 29.4 Å². The molecule has 2 aromatic carbocycles. The molecule has 1 saturated carbocycles. The van der Waals surface area contributed by atoms with Crippen LogP contribution in [-0.2, 0) is 29.6 Å². The molecule has 2 amide bonds. The fourth-order valence-electron chi connectivity index (χ4n) is 7.09. The number of anilines is 1. The van der Waals surface area contributed by atoms with Crippen LogP contribution in [0.4, 0.5) is 10.1 Å². The van der Waals surface area contributed by atoms with Gasteiger partial charge in [0.15, 0.2) is 0 Å². The van der Waals surface area contributed by atoms with E-state index in [1.54, 1.807) is 25.3 Å². The monoisotopic (exact) mass is 578 g/mol. The van der Waals surface area contributed by atoms with Crippen LogP contribution in [0, 0.1) is 23.1 Å². The molecule has 4 heterocycles. The number of aromatic hydroxyl groups is 1. The van der Waals surface area contributed by atoms with E-state index < -0.39 is 52.3 Å². The largest absolute Gasteiger partial charge is 0.508 e. The Hall–Kier alpha value is -4.38. The molecule has 0 spiro atoms. The van der Waals surface area contributed by atoms with Crippen molar-refractivity contribution in [2.45, 2.75) is 32.4 Å². The number of nitrogens with zero attached hydrogens (tertiary/aromatic N) is 4. The van der Waals surface area contributed by atoms with Gasteiger partial charge in [-0.2, -0.15) is 0 Å². The highest BCUT2D eigenvalue weighted by molar-refractivity contribution is 6.31. The lowest BCUT2D eigenvalue weighted by atomic mass is 9.56. The summed E-state index contributed by atoms with van der Waals surface area (Å²) in [4.78, 5) is 55.5. The predicted octanol–water partition coefficient (Wildman–Crippen LogP) is 3.06. The summed E-state index contributed by atoms with van der Waals surface area (Å²) in [7, 11) is 1.40. The first kappa shape index (κ1) is 25.6. The first-order valence-corrected chi connectivity index (χ1v) is 13.5. The topological polar surface area (TPSA) is 116 Å². The van der Waals surface area contributed by atoms with Gasteiger partial charge in [-0.1, -0.05) is 17.7 Å². The fourth-order valence-corrected chi connectivity index (χ4v) is 7.26. The van der Waals surface area contributed by atoms with E-state index in [1.807, 2.05) is 6.08 Å². The Morgan fingerprint density at radius 2 is 1.88 bits per heavy atom. The molecule has 7 rings (SSSR count). The molecule has 3 aromatic rings. The van der Waals surface area contributed by atoms with Gasteiger partial charge in [-0.15, -0.1) is 0 Å². The fraction of sp³-hybridized carbons (Fsp3) is 0.310. The standard InChI is InChI=1S/C29H24ClFN4O6/c1-29-19(25(37)34(26(29)38)16-3-5-21(31)20(30)11-16)12-22-18(7-8-33-27(39)32(2)28(40)35(22)33)24(29)15-9-14-10-17(36)4-6-23(14)41-13-15/h3-7,10-11,13,19,22,24,36H,8-9,12H2,1-2H3/t19-,22+,24-,29+/m0/s1. The molecule has 10 nitrogen and oxygen atoms in total. The van der Waals surface area contributed by atoms with Crippen molar-refractivity contribution in [1.29, 1.82) is 0 Å². The molecule has 1 saturated heterocycles. The van der Waals surface area contributed by atoms with Gasteiger partial charge in [-0.05, 0) is 60.9 Å². The zero-order chi connectivity index (χ0) is 29.0. The third-order valence-electron chi connectivity index (χ3n) is 9.04. The lowest BCUT2D eigenvalue weighted by molar-refractivity contribution is -0.130. The average Bonchev–Trinajstić information content (AvgIpc) is 3.29. The Kier molecular flexibility index (Phi) is 5.34. The molecule has 4 atom stereocenters. The van der Waals surface area contributed by atoms with Gasteiger partial charge in [-0.25, -0.2) is 32.8 Å². The minimum Gasteiger partial charge on any atom is -0.508 e. The number of hydrogen-bond donors (Lipinski definition) is 1. The van der Waals surface area contributed by atoms with Crippen molar-refractivity contribution in [1.82, 2.24) is 13.9 Å². The normalized spacial score (nSPS) is 26.4. The summed E-state index contributed by atoms with van der Waals surface area (Å²) >= 11 is 6.02. The van der Waals surface area contributed by atoms with E-state index in [4.69, 9.17) is 16.3 Å². The number of amides is 2. The van der Waals surface area contributed by atoms with E-state index >= 15 is 0 Å². The Balaban J connectivity index is 1.42. The van der Waals surface area contributed by atoms with Crippen LogP contribution in [0.15, 0.2) is 69.5 Å². The molecule has 41 heavy (non-hydrogen) atoms. The average molecular weight is 579 g/mol. The van der Waals surface area contributed by atoms with Crippen molar-refractivity contribution in [3.63, 3.8) is 0 Å². The van der Waals surface area contributed by atoms with E-state index in [0.29, 0.717) is 23.3 Å². The number of benzene rings is 2. The number of carbonyl (C=O) groups is 2. The molecule has 4 aliphatic rings. The van der Waals surface area contributed by atoms with Gasteiger partial charge in [-0.3, -0.25) is 9.59 Å². The van der Waals surface area contributed by atoms with E-state index in [9.17, 15) is 28.7 Å². The molecule has 1 N–H and O–H groups in total. The van der Waals surface area contributed by atoms with Crippen molar-refractivity contribution in [2.75, 3.05) is 4.90 Å². The molecule has 0 unspecified atom stereocenters. The molecule has 0 bridgehead atoms. The maximum Gasteiger partial charge on any atom is 0.347 e. The number of rotatable bonds is 2. The van der Waals surface area contributed by atoms with Crippen molar-refractivity contribution >= 4 is 29.1 Å². The summed E-state index contributed by atoms with van der Waals surface area (Å²) in [6, 6.07) is 7.76. The lowest BCUT2D eigenvalue weighted by Crippen LogP contribution is -2.51. The second-order valence-corrected chi connectivity index (χ2v) is 11.5. The number of hydrogen-bond acceptors (Lipinski definition) is 6. The molecule has 1 aromatic heterocycles. The van der Waals surface area contributed by atoms with Gasteiger partial charge in [0.25, 0.3) is 0 Å². The lowest BCUT2D eigenvalue weighted by Gasteiger charge is -2.48. The van der Waals surface area contributed by atoms with Crippen LogP contribution in [0.2, 0.25) is 5.02 Å². The van der Waals surface area contributed by atoms with E-state index in [0.717, 1.165) is 21.1 Å². The number of phenolic OH excluding ortho intramolecular Hbond substituents is 1. The number of allylic oxidation sites excluding steroid dienone is 3. The third-order valence-corrected chi connectivity index (χ3v) is 9.33. The predicted molar refractivity (Wildman–Crippen MR) is 145 cm³/mol. The summed E-state index contributed by atoms with van der Waals surface area (Å²) in [6.07, 6.45) is 3.84. The molecular formula is C29H24ClFN4O6. The van der Waals surface area contributed by atoms with Crippen LogP contribution in [-0.4, -0.2) is 30.9 Å². The van der Waals surface area contributed by atoms with Crippen molar-refractivity contribution in [2.24, 2.45) is 24.3 Å². The zero-order valence-electron chi connectivity index (χ0n) is 22.0. The van der Waals surface area contributed by atoms with Crippen LogP contribution in [0.5, 0.6) is 11.5 Å². The maximum atomic E-state index is 14.4. The molecule has 3 aliphatic heterocycles. The Morgan fingerprint density at radius 1 is 1.10 bits per heavy atom. The Labute approximate surface area is 237 Å². The van der Waals surface area contributed by atoms with E-state index in [1.165, 1.54) is 34.6 Å². The quantitative estimate of drug-likeness (QED) is 0.369. The summed E-state index contributed by atoms with van der Waals surface area (Å²) < 4.78 is 23.7. The van der Waals surface area contributed by atoms with Gasteiger partial charge in [0.05, 0.1) is 40.9 Å². The summed E-state index contributed by atoms with van der Waals surface area (Å²) in [5.41, 5.74) is -0.0247.